The van der Waals surface area contributed by atoms with Crippen LogP contribution in [-0.4, -0.2) is 73.6 Å². The molecule has 2 heterocycles. The molecule has 0 aliphatic carbocycles. The smallest absolute Gasteiger partial charge is 0.295 e. The summed E-state index contributed by atoms with van der Waals surface area (Å²) in [6.45, 7) is 5.74. The number of carbonyl (C=O) groups is 2. The van der Waals surface area contributed by atoms with Crippen molar-refractivity contribution in [2.75, 3.05) is 47.0 Å². The van der Waals surface area contributed by atoms with E-state index in [1.54, 1.807) is 48.5 Å². The van der Waals surface area contributed by atoms with E-state index in [4.69, 9.17) is 14.2 Å². The molecule has 2 aromatic carbocycles. The van der Waals surface area contributed by atoms with E-state index in [0.717, 1.165) is 0 Å². The summed E-state index contributed by atoms with van der Waals surface area (Å²) < 4.78 is 16.7. The van der Waals surface area contributed by atoms with E-state index in [2.05, 4.69) is 6.58 Å². The molecule has 8 heteroatoms. The van der Waals surface area contributed by atoms with E-state index < -0.39 is 17.7 Å². The number of fused-ring (bicyclic) bond motifs is 1. The van der Waals surface area contributed by atoms with Crippen LogP contribution in [-0.2, 0) is 9.59 Å². The lowest BCUT2D eigenvalue weighted by molar-refractivity contribution is -0.140. The van der Waals surface area contributed by atoms with Crippen molar-refractivity contribution in [1.29, 1.82) is 0 Å². The number of aliphatic hydroxyl groups is 1. The molecule has 0 spiro atoms. The number of aliphatic hydroxyl groups excluding tert-OH is 1. The van der Waals surface area contributed by atoms with Crippen molar-refractivity contribution in [2.24, 2.45) is 0 Å². The first-order valence-corrected chi connectivity index (χ1v) is 11.1. The van der Waals surface area contributed by atoms with Crippen molar-refractivity contribution in [3.8, 4) is 17.2 Å². The number of benzene rings is 2. The maximum atomic E-state index is 13.1. The van der Waals surface area contributed by atoms with Gasteiger partial charge in [-0.2, -0.15) is 0 Å². The molecule has 1 unspecified atom stereocenters. The second kappa shape index (κ2) is 10.0. The molecule has 1 amide bonds. The van der Waals surface area contributed by atoms with E-state index in [-0.39, 0.29) is 11.3 Å². The number of rotatable bonds is 8. The number of carbonyl (C=O) groups excluding carboxylic acids is 2. The van der Waals surface area contributed by atoms with Crippen LogP contribution in [0, 0.1) is 0 Å². The van der Waals surface area contributed by atoms with Crippen LogP contribution in [0.1, 0.15) is 17.2 Å². The van der Waals surface area contributed by atoms with Gasteiger partial charge in [-0.1, -0.05) is 24.8 Å². The zero-order valence-electron chi connectivity index (χ0n) is 19.3. The van der Waals surface area contributed by atoms with Gasteiger partial charge >= 0.3 is 0 Å². The monoisotopic (exact) mass is 464 g/mol. The summed E-state index contributed by atoms with van der Waals surface area (Å²) in [5.41, 5.74) is 1.12. The van der Waals surface area contributed by atoms with Crippen LogP contribution < -0.4 is 14.2 Å². The highest BCUT2D eigenvalue weighted by Gasteiger charge is 2.46. The zero-order valence-corrected chi connectivity index (χ0v) is 19.3. The van der Waals surface area contributed by atoms with Gasteiger partial charge in [0.25, 0.3) is 11.7 Å². The molecule has 1 N–H and O–H groups in total. The Hall–Kier alpha value is -3.78. The normalized spacial score (nSPS) is 18.9. The Bertz CT molecular complexity index is 1120. The van der Waals surface area contributed by atoms with Gasteiger partial charge in [-0.25, -0.2) is 0 Å². The van der Waals surface area contributed by atoms with Gasteiger partial charge in [0.2, 0.25) is 0 Å². The molecule has 0 radical (unpaired) electrons. The fourth-order valence-corrected chi connectivity index (χ4v) is 4.01. The van der Waals surface area contributed by atoms with Crippen molar-refractivity contribution in [2.45, 2.75) is 6.04 Å². The molecule has 8 nitrogen and oxygen atoms in total. The predicted octanol–water partition coefficient (Wildman–Crippen LogP) is 3.01. The third-order valence-electron chi connectivity index (χ3n) is 5.71. The molecule has 1 saturated heterocycles. The minimum Gasteiger partial charge on any atom is -0.507 e. The Morgan fingerprint density at radius 1 is 1.15 bits per heavy atom. The fraction of sp³-hybridized carbons (Fsp3) is 0.308. The molecule has 0 bridgehead atoms. The van der Waals surface area contributed by atoms with Crippen molar-refractivity contribution in [3.63, 3.8) is 0 Å². The summed E-state index contributed by atoms with van der Waals surface area (Å²) in [7, 11) is 3.79. The Morgan fingerprint density at radius 3 is 2.53 bits per heavy atom. The topological polar surface area (TPSA) is 88.5 Å². The van der Waals surface area contributed by atoms with Crippen LogP contribution in [0.5, 0.6) is 17.2 Å². The molecular formula is C26H28N2O6. The Kier molecular flexibility index (Phi) is 6.88. The quantitative estimate of drug-likeness (QED) is 0.278. The first kappa shape index (κ1) is 23.4. The van der Waals surface area contributed by atoms with E-state index >= 15 is 0 Å². The number of hydrogen-bond acceptors (Lipinski definition) is 7. The summed E-state index contributed by atoms with van der Waals surface area (Å²) in [5.74, 6) is 0.0831. The lowest BCUT2D eigenvalue weighted by Crippen LogP contribution is -2.35. The average Bonchev–Trinajstić information content (AvgIpc) is 3.10. The highest BCUT2D eigenvalue weighted by Crippen LogP contribution is 2.41. The summed E-state index contributed by atoms with van der Waals surface area (Å²) in [5, 5.41) is 11.2. The van der Waals surface area contributed by atoms with Gasteiger partial charge in [-0.3, -0.25) is 9.59 Å². The van der Waals surface area contributed by atoms with Gasteiger partial charge in [0.15, 0.2) is 11.5 Å². The number of Topliss-reactive ketones (excluding diaryl/α,β-unsaturated/α-hetero) is 1. The number of likely N-dealkylation sites (N-methyl/N-ethyl adjacent to an activating group) is 1. The van der Waals surface area contributed by atoms with Gasteiger partial charge in [0, 0.05) is 18.7 Å². The van der Waals surface area contributed by atoms with Crippen LogP contribution in [0.4, 0.5) is 0 Å². The number of ketones is 1. The van der Waals surface area contributed by atoms with Crippen LogP contribution in [0.3, 0.4) is 0 Å². The van der Waals surface area contributed by atoms with Crippen LogP contribution in [0.2, 0.25) is 0 Å². The summed E-state index contributed by atoms with van der Waals surface area (Å²) in [6.07, 6.45) is 1.65. The Labute approximate surface area is 198 Å². The van der Waals surface area contributed by atoms with E-state index in [9.17, 15) is 14.7 Å². The molecule has 1 atom stereocenters. The maximum Gasteiger partial charge on any atom is 0.295 e. The van der Waals surface area contributed by atoms with Crippen molar-refractivity contribution < 1.29 is 28.9 Å². The molecular weight excluding hydrogens is 436 g/mol. The van der Waals surface area contributed by atoms with Gasteiger partial charge < -0.3 is 29.1 Å². The fourth-order valence-electron chi connectivity index (χ4n) is 4.01. The second-order valence-electron chi connectivity index (χ2n) is 8.32. The van der Waals surface area contributed by atoms with Crippen LogP contribution in [0.15, 0.2) is 60.7 Å². The van der Waals surface area contributed by atoms with E-state index in [1.807, 2.05) is 19.0 Å². The molecule has 0 aromatic heterocycles. The summed E-state index contributed by atoms with van der Waals surface area (Å²) >= 11 is 0. The highest BCUT2D eigenvalue weighted by atomic mass is 16.6. The molecule has 2 aliphatic rings. The van der Waals surface area contributed by atoms with Crippen LogP contribution >= 0.6 is 0 Å². The van der Waals surface area contributed by atoms with Gasteiger partial charge in [0.1, 0.15) is 31.3 Å². The third-order valence-corrected chi connectivity index (χ3v) is 5.71. The van der Waals surface area contributed by atoms with Gasteiger partial charge in [-0.05, 0) is 50.0 Å². The molecule has 2 aromatic rings. The highest BCUT2D eigenvalue weighted by molar-refractivity contribution is 6.46. The molecule has 4 rings (SSSR count). The number of likely N-dealkylation sites (tertiary alicyclic amines) is 1. The van der Waals surface area contributed by atoms with Crippen molar-refractivity contribution in [1.82, 2.24) is 9.80 Å². The third kappa shape index (κ3) is 4.63. The molecule has 0 saturated carbocycles. The molecule has 34 heavy (non-hydrogen) atoms. The summed E-state index contributed by atoms with van der Waals surface area (Å²) in [4.78, 5) is 29.6. The summed E-state index contributed by atoms with van der Waals surface area (Å²) in [6, 6.07) is 11.4. The Balaban J connectivity index is 1.77. The van der Waals surface area contributed by atoms with Crippen molar-refractivity contribution in [3.05, 3.63) is 71.8 Å². The largest absolute Gasteiger partial charge is 0.507 e. The van der Waals surface area contributed by atoms with Gasteiger partial charge in [-0.15, -0.1) is 0 Å². The first-order valence-electron chi connectivity index (χ1n) is 11.1. The van der Waals surface area contributed by atoms with E-state index in [0.29, 0.717) is 61.3 Å². The first-order chi connectivity index (χ1) is 16.4. The molecule has 1 fully saturated rings. The number of nitrogens with zero attached hydrogens (tertiary/aromatic N) is 2. The zero-order chi connectivity index (χ0) is 24.2. The lowest BCUT2D eigenvalue weighted by Gasteiger charge is -2.26. The number of hydrogen-bond donors (Lipinski definition) is 1. The average molecular weight is 465 g/mol. The molecule has 178 valence electrons. The van der Waals surface area contributed by atoms with E-state index in [1.165, 1.54) is 4.90 Å². The predicted molar refractivity (Wildman–Crippen MR) is 127 cm³/mol. The molecule has 2 aliphatic heterocycles. The minimum atomic E-state index is -0.735. The number of ether oxygens (including phenoxy) is 3. The van der Waals surface area contributed by atoms with Gasteiger partial charge in [0.05, 0.1) is 11.6 Å². The van der Waals surface area contributed by atoms with Crippen LogP contribution in [0.25, 0.3) is 5.76 Å². The minimum absolute atomic E-state index is 0.0418. The second-order valence-corrected chi connectivity index (χ2v) is 8.32. The van der Waals surface area contributed by atoms with Crippen molar-refractivity contribution >= 4 is 17.4 Å². The maximum absolute atomic E-state index is 13.1. The number of amides is 1. The Morgan fingerprint density at radius 2 is 1.85 bits per heavy atom. The standard InChI is InChI=1S/C26H28N2O6/c1-4-13-32-19-8-5-17(6-9-19)23-22(25(30)26(31)28(23)12-11-27(2)3)24(29)18-7-10-20-21(16-18)34-15-14-33-20/h4-10,16,23,29H,1,11-15H2,2-3H3/b24-22-. The SMILES string of the molecule is C=CCOc1ccc(C2/C(=C(/O)c3ccc4c(c3)OCCO4)C(=O)C(=O)N2CCN(C)C)cc1. The lowest BCUT2D eigenvalue weighted by atomic mass is 9.95.